The van der Waals surface area contributed by atoms with Crippen molar-refractivity contribution in [2.24, 2.45) is 4.99 Å². The molecule has 1 amide bonds. The maximum absolute atomic E-state index is 12.8. The highest BCUT2D eigenvalue weighted by molar-refractivity contribution is 5.94. The average Bonchev–Trinajstić information content (AvgIpc) is 2.64. The van der Waals surface area contributed by atoms with Gasteiger partial charge in [0.1, 0.15) is 18.2 Å². The van der Waals surface area contributed by atoms with Crippen LogP contribution in [-0.2, 0) is 4.79 Å². The Hall–Kier alpha value is -3.09. The molecule has 0 spiro atoms. The topological polar surface area (TPSA) is 74.8 Å². The van der Waals surface area contributed by atoms with E-state index in [1.165, 1.54) is 24.3 Å². The van der Waals surface area contributed by atoms with E-state index in [-0.39, 0.29) is 18.3 Å². The van der Waals surface area contributed by atoms with Crippen molar-refractivity contribution in [1.29, 1.82) is 0 Å². The number of amides is 1. The molecule has 2 aromatic carbocycles. The number of carbonyl (C=O) groups excluding carboxylic acids is 1. The smallest absolute Gasteiger partial charge is 0.243 e. The van der Waals surface area contributed by atoms with Gasteiger partial charge in [-0.1, -0.05) is 18.2 Å². The highest BCUT2D eigenvalue weighted by Crippen LogP contribution is 2.08. The molecule has 0 aliphatic rings. The minimum atomic E-state index is -0.349. The fourth-order valence-corrected chi connectivity index (χ4v) is 1.98. The van der Waals surface area contributed by atoms with Gasteiger partial charge in [-0.25, -0.2) is 4.39 Å². The fourth-order valence-electron chi connectivity index (χ4n) is 1.98. The van der Waals surface area contributed by atoms with E-state index in [1.54, 1.807) is 7.05 Å². The zero-order valence-corrected chi connectivity index (χ0v) is 14.0. The first-order chi connectivity index (χ1) is 12.2. The predicted octanol–water partition coefficient (Wildman–Crippen LogP) is 2.01. The summed E-state index contributed by atoms with van der Waals surface area (Å²) in [4.78, 5) is 15.9. The lowest BCUT2D eigenvalue weighted by Gasteiger charge is -2.12. The minimum Gasteiger partial charge on any atom is -0.492 e. The van der Waals surface area contributed by atoms with Crippen LogP contribution in [0.25, 0.3) is 0 Å². The lowest BCUT2D eigenvalue weighted by Crippen LogP contribution is -2.42. The Morgan fingerprint density at radius 3 is 2.48 bits per heavy atom. The van der Waals surface area contributed by atoms with Gasteiger partial charge < -0.3 is 20.7 Å². The molecular weight excluding hydrogens is 323 g/mol. The summed E-state index contributed by atoms with van der Waals surface area (Å²) in [7, 11) is 1.62. The fraction of sp³-hybridized carbons (Fsp3) is 0.222. The number of halogens is 1. The molecule has 0 atom stereocenters. The molecule has 0 fully saturated rings. The summed E-state index contributed by atoms with van der Waals surface area (Å²) in [5.41, 5.74) is 0.535. The third kappa shape index (κ3) is 6.90. The van der Waals surface area contributed by atoms with E-state index in [0.717, 1.165) is 5.75 Å². The first-order valence-corrected chi connectivity index (χ1v) is 7.85. The molecule has 6 nitrogen and oxygen atoms in total. The Kier molecular flexibility index (Phi) is 7.24. The van der Waals surface area contributed by atoms with Gasteiger partial charge in [-0.3, -0.25) is 9.79 Å². The first kappa shape index (κ1) is 18.3. The number of nitrogens with zero attached hydrogens (tertiary/aromatic N) is 1. The molecule has 0 radical (unpaired) electrons. The first-order valence-electron chi connectivity index (χ1n) is 7.85. The Morgan fingerprint density at radius 1 is 1.08 bits per heavy atom. The highest BCUT2D eigenvalue weighted by Gasteiger charge is 2.04. The van der Waals surface area contributed by atoms with Crippen molar-refractivity contribution in [2.45, 2.75) is 0 Å². The van der Waals surface area contributed by atoms with Crippen molar-refractivity contribution >= 4 is 17.6 Å². The molecule has 2 aromatic rings. The molecule has 2 rings (SSSR count). The number of rotatable bonds is 7. The van der Waals surface area contributed by atoms with Crippen LogP contribution in [0.1, 0.15) is 0 Å². The molecule has 0 aliphatic carbocycles. The van der Waals surface area contributed by atoms with Crippen LogP contribution >= 0.6 is 0 Å². The van der Waals surface area contributed by atoms with Crippen molar-refractivity contribution in [3.63, 3.8) is 0 Å². The summed E-state index contributed by atoms with van der Waals surface area (Å²) in [6.45, 7) is 1.04. The number of aliphatic imine (C=N–C) groups is 1. The molecule has 0 bridgehead atoms. The molecule has 0 unspecified atom stereocenters. The summed E-state index contributed by atoms with van der Waals surface area (Å²) in [5.74, 6) is 0.686. The highest BCUT2D eigenvalue weighted by atomic mass is 19.1. The number of hydrogen-bond acceptors (Lipinski definition) is 3. The van der Waals surface area contributed by atoms with Crippen molar-refractivity contribution in [3.8, 4) is 5.75 Å². The molecule has 0 aliphatic heterocycles. The molecule has 7 heteroatoms. The van der Waals surface area contributed by atoms with Crippen LogP contribution in [0.4, 0.5) is 10.1 Å². The van der Waals surface area contributed by atoms with Gasteiger partial charge in [0.2, 0.25) is 5.91 Å². The predicted molar refractivity (Wildman–Crippen MR) is 96.3 cm³/mol. The summed E-state index contributed by atoms with van der Waals surface area (Å²) < 4.78 is 18.4. The van der Waals surface area contributed by atoms with E-state index in [1.807, 2.05) is 30.3 Å². The van der Waals surface area contributed by atoms with E-state index in [0.29, 0.717) is 24.8 Å². The molecular formula is C18H21FN4O2. The Balaban J connectivity index is 1.65. The van der Waals surface area contributed by atoms with E-state index < -0.39 is 0 Å². The van der Waals surface area contributed by atoms with Crippen molar-refractivity contribution < 1.29 is 13.9 Å². The SMILES string of the molecule is CN=C(NCCOc1ccccc1)NCC(=O)Nc1ccc(F)cc1. The summed E-state index contributed by atoms with van der Waals surface area (Å²) in [5, 5.41) is 8.61. The van der Waals surface area contributed by atoms with Gasteiger partial charge in [0.15, 0.2) is 5.96 Å². The summed E-state index contributed by atoms with van der Waals surface area (Å²) in [6.07, 6.45) is 0. The monoisotopic (exact) mass is 344 g/mol. The molecule has 25 heavy (non-hydrogen) atoms. The van der Waals surface area contributed by atoms with Crippen LogP contribution < -0.4 is 20.7 Å². The van der Waals surface area contributed by atoms with Crippen LogP contribution in [0.2, 0.25) is 0 Å². The summed E-state index contributed by atoms with van der Waals surface area (Å²) in [6, 6.07) is 15.1. The largest absolute Gasteiger partial charge is 0.492 e. The minimum absolute atomic E-state index is 0.0383. The van der Waals surface area contributed by atoms with Gasteiger partial charge in [-0.15, -0.1) is 0 Å². The maximum atomic E-state index is 12.8. The van der Waals surface area contributed by atoms with Crippen LogP contribution in [0, 0.1) is 5.82 Å². The van der Waals surface area contributed by atoms with E-state index in [9.17, 15) is 9.18 Å². The van der Waals surface area contributed by atoms with Crippen LogP contribution in [0.5, 0.6) is 5.75 Å². The van der Waals surface area contributed by atoms with Gasteiger partial charge in [0.25, 0.3) is 0 Å². The number of benzene rings is 2. The molecule has 132 valence electrons. The summed E-state index contributed by atoms with van der Waals surface area (Å²) >= 11 is 0. The molecule has 3 N–H and O–H groups in total. The standard InChI is InChI=1S/C18H21FN4O2/c1-20-18(21-11-12-25-16-5-3-2-4-6-16)22-13-17(24)23-15-9-7-14(19)8-10-15/h2-10H,11-13H2,1H3,(H,23,24)(H2,20,21,22). The van der Waals surface area contributed by atoms with Crippen molar-refractivity contribution in [3.05, 3.63) is 60.4 Å². The van der Waals surface area contributed by atoms with Gasteiger partial charge in [0.05, 0.1) is 13.1 Å². The van der Waals surface area contributed by atoms with E-state index in [4.69, 9.17) is 4.74 Å². The normalized spacial score (nSPS) is 10.9. The molecule has 0 saturated heterocycles. The second kappa shape index (κ2) is 9.92. The number of ether oxygens (including phenoxy) is 1. The number of hydrogen-bond donors (Lipinski definition) is 3. The number of anilines is 1. The van der Waals surface area contributed by atoms with Crippen molar-refractivity contribution in [1.82, 2.24) is 10.6 Å². The molecule has 0 saturated carbocycles. The van der Waals surface area contributed by atoms with E-state index >= 15 is 0 Å². The lowest BCUT2D eigenvalue weighted by atomic mass is 10.3. The number of guanidine groups is 1. The van der Waals surface area contributed by atoms with Gasteiger partial charge in [-0.05, 0) is 36.4 Å². The van der Waals surface area contributed by atoms with Gasteiger partial charge >= 0.3 is 0 Å². The van der Waals surface area contributed by atoms with Crippen molar-refractivity contribution in [2.75, 3.05) is 32.1 Å². The average molecular weight is 344 g/mol. The number of para-hydroxylation sites is 1. The maximum Gasteiger partial charge on any atom is 0.243 e. The third-order valence-corrected chi connectivity index (χ3v) is 3.17. The number of nitrogens with one attached hydrogen (secondary N) is 3. The van der Waals surface area contributed by atoms with Gasteiger partial charge in [-0.2, -0.15) is 0 Å². The Bertz CT molecular complexity index is 690. The Labute approximate surface area is 146 Å². The molecule has 0 heterocycles. The van der Waals surface area contributed by atoms with Gasteiger partial charge in [0, 0.05) is 12.7 Å². The third-order valence-electron chi connectivity index (χ3n) is 3.17. The van der Waals surface area contributed by atoms with Crippen LogP contribution in [-0.4, -0.2) is 38.6 Å². The second-order valence-corrected chi connectivity index (χ2v) is 5.07. The lowest BCUT2D eigenvalue weighted by molar-refractivity contribution is -0.115. The zero-order valence-electron chi connectivity index (χ0n) is 14.0. The van der Waals surface area contributed by atoms with E-state index in [2.05, 4.69) is 20.9 Å². The van der Waals surface area contributed by atoms with Crippen LogP contribution in [0.15, 0.2) is 59.6 Å². The number of carbonyl (C=O) groups is 1. The molecule has 0 aromatic heterocycles. The zero-order chi connectivity index (χ0) is 17.9. The van der Waals surface area contributed by atoms with Crippen LogP contribution in [0.3, 0.4) is 0 Å². The Morgan fingerprint density at radius 2 is 1.80 bits per heavy atom. The quantitative estimate of drug-likeness (QED) is 0.408. The second-order valence-electron chi connectivity index (χ2n) is 5.07.